The zero-order chi connectivity index (χ0) is 21.1. The van der Waals surface area contributed by atoms with Crippen LogP contribution < -0.4 is 4.90 Å². The molecule has 2 amide bonds. The molecule has 1 aliphatic heterocycles. The van der Waals surface area contributed by atoms with Crippen molar-refractivity contribution in [3.63, 3.8) is 0 Å². The van der Waals surface area contributed by atoms with E-state index in [-0.39, 0.29) is 18.2 Å². The lowest BCUT2D eigenvalue weighted by molar-refractivity contribution is -0.132. The molecule has 2 aromatic carbocycles. The number of anilines is 1. The number of rotatable bonds is 6. The van der Waals surface area contributed by atoms with E-state index in [0.29, 0.717) is 24.3 Å². The highest BCUT2D eigenvalue weighted by atomic mass is 16.2. The molecule has 152 valence electrons. The van der Waals surface area contributed by atoms with E-state index in [2.05, 4.69) is 4.98 Å². The van der Waals surface area contributed by atoms with Crippen molar-refractivity contribution in [3.05, 3.63) is 95.3 Å². The van der Waals surface area contributed by atoms with Gasteiger partial charge in [0.15, 0.2) is 0 Å². The number of aryl methyl sites for hydroxylation is 1. The van der Waals surface area contributed by atoms with Gasteiger partial charge in [0, 0.05) is 25.0 Å². The van der Waals surface area contributed by atoms with Gasteiger partial charge in [0.05, 0.1) is 23.7 Å². The first kappa shape index (κ1) is 19.8. The van der Waals surface area contributed by atoms with Crippen molar-refractivity contribution in [2.45, 2.75) is 32.9 Å². The monoisotopic (exact) mass is 399 g/mol. The quantitative estimate of drug-likeness (QED) is 0.612. The molecule has 1 atom stereocenters. The number of nitrogens with zero attached hydrogens (tertiary/aromatic N) is 3. The Hall–Kier alpha value is -3.47. The SMILES string of the molecule is CCN(Cc1ccccc1)C(=O)C[C@@H]1c2ncccc2C(=O)N1c1ccc(C)cc1. The first-order valence-electron chi connectivity index (χ1n) is 10.3. The van der Waals surface area contributed by atoms with Crippen molar-refractivity contribution in [3.8, 4) is 0 Å². The van der Waals surface area contributed by atoms with Crippen molar-refractivity contribution >= 4 is 17.5 Å². The number of hydrogen-bond acceptors (Lipinski definition) is 3. The van der Waals surface area contributed by atoms with Gasteiger partial charge in [-0.15, -0.1) is 0 Å². The lowest BCUT2D eigenvalue weighted by Gasteiger charge is -2.28. The van der Waals surface area contributed by atoms with Gasteiger partial charge in [0.2, 0.25) is 5.91 Å². The highest BCUT2D eigenvalue weighted by Crippen LogP contribution is 2.38. The van der Waals surface area contributed by atoms with E-state index < -0.39 is 6.04 Å². The number of carbonyl (C=O) groups is 2. The molecule has 2 heterocycles. The summed E-state index contributed by atoms with van der Waals surface area (Å²) in [5, 5.41) is 0. The second kappa shape index (κ2) is 8.49. The molecular weight excluding hydrogens is 374 g/mol. The zero-order valence-corrected chi connectivity index (χ0v) is 17.3. The van der Waals surface area contributed by atoms with Gasteiger partial charge in [-0.3, -0.25) is 19.5 Å². The Morgan fingerprint density at radius 2 is 1.77 bits per heavy atom. The highest BCUT2D eigenvalue weighted by molar-refractivity contribution is 6.11. The number of pyridine rings is 1. The number of fused-ring (bicyclic) bond motifs is 1. The van der Waals surface area contributed by atoms with E-state index in [1.165, 1.54) is 0 Å². The Labute approximate surface area is 177 Å². The third-order valence-corrected chi connectivity index (χ3v) is 5.55. The second-order valence-electron chi connectivity index (χ2n) is 7.56. The van der Waals surface area contributed by atoms with E-state index in [4.69, 9.17) is 0 Å². The van der Waals surface area contributed by atoms with Gasteiger partial charge in [-0.25, -0.2) is 0 Å². The maximum absolute atomic E-state index is 13.2. The number of benzene rings is 2. The second-order valence-corrected chi connectivity index (χ2v) is 7.56. The van der Waals surface area contributed by atoms with Crippen LogP contribution >= 0.6 is 0 Å². The lowest BCUT2D eigenvalue weighted by Crippen LogP contribution is -2.35. The molecule has 0 spiro atoms. The summed E-state index contributed by atoms with van der Waals surface area (Å²) < 4.78 is 0. The lowest BCUT2D eigenvalue weighted by atomic mass is 10.1. The van der Waals surface area contributed by atoms with Gasteiger partial charge >= 0.3 is 0 Å². The van der Waals surface area contributed by atoms with E-state index >= 15 is 0 Å². The molecule has 30 heavy (non-hydrogen) atoms. The Morgan fingerprint density at radius 1 is 1.03 bits per heavy atom. The Kier molecular flexibility index (Phi) is 5.61. The average molecular weight is 399 g/mol. The number of hydrogen-bond donors (Lipinski definition) is 0. The topological polar surface area (TPSA) is 53.5 Å². The minimum absolute atomic E-state index is 0.00904. The average Bonchev–Trinajstić information content (AvgIpc) is 3.05. The van der Waals surface area contributed by atoms with Crippen molar-refractivity contribution in [2.24, 2.45) is 0 Å². The van der Waals surface area contributed by atoms with Crippen LogP contribution in [0.1, 0.15) is 46.6 Å². The van der Waals surface area contributed by atoms with Crippen LogP contribution in [0.3, 0.4) is 0 Å². The molecule has 0 N–H and O–H groups in total. The van der Waals surface area contributed by atoms with E-state index in [1.807, 2.05) is 73.3 Å². The van der Waals surface area contributed by atoms with E-state index in [1.54, 1.807) is 23.2 Å². The molecule has 1 aliphatic rings. The number of carbonyl (C=O) groups excluding carboxylic acids is 2. The summed E-state index contributed by atoms with van der Waals surface area (Å²) in [4.78, 5) is 34.4. The van der Waals surface area contributed by atoms with Crippen LogP contribution in [-0.2, 0) is 11.3 Å². The van der Waals surface area contributed by atoms with Gasteiger partial charge in [0.1, 0.15) is 0 Å². The third-order valence-electron chi connectivity index (χ3n) is 5.55. The summed E-state index contributed by atoms with van der Waals surface area (Å²) in [5.41, 5.74) is 4.24. The first-order chi connectivity index (χ1) is 14.6. The Morgan fingerprint density at radius 3 is 2.47 bits per heavy atom. The molecule has 0 aliphatic carbocycles. The molecule has 0 fully saturated rings. The van der Waals surface area contributed by atoms with Crippen molar-refractivity contribution in [2.75, 3.05) is 11.4 Å². The van der Waals surface area contributed by atoms with E-state index in [9.17, 15) is 9.59 Å². The molecule has 5 heteroatoms. The van der Waals surface area contributed by atoms with Crippen molar-refractivity contribution in [1.82, 2.24) is 9.88 Å². The smallest absolute Gasteiger partial charge is 0.260 e. The van der Waals surface area contributed by atoms with Gasteiger partial charge in [0.25, 0.3) is 5.91 Å². The first-order valence-corrected chi connectivity index (χ1v) is 10.3. The molecule has 0 radical (unpaired) electrons. The normalized spacial score (nSPS) is 15.2. The van der Waals surface area contributed by atoms with Crippen LogP contribution in [0.2, 0.25) is 0 Å². The van der Waals surface area contributed by atoms with Crippen LogP contribution in [0.25, 0.3) is 0 Å². The molecule has 3 aromatic rings. The summed E-state index contributed by atoms with van der Waals surface area (Å²) in [6, 6.07) is 20.9. The standard InChI is InChI=1S/C25H25N3O2/c1-3-27(17-19-8-5-4-6-9-19)23(29)16-22-24-21(10-7-15-26-24)25(30)28(22)20-13-11-18(2)12-14-20/h4-15,22H,3,16-17H2,1-2H3/t22-/m1/s1. The van der Waals surface area contributed by atoms with Gasteiger partial charge in [-0.2, -0.15) is 0 Å². The Balaban J connectivity index is 1.63. The predicted octanol–water partition coefficient (Wildman–Crippen LogP) is 4.53. The largest absolute Gasteiger partial charge is 0.339 e. The zero-order valence-electron chi connectivity index (χ0n) is 17.3. The molecule has 0 saturated heterocycles. The highest BCUT2D eigenvalue weighted by Gasteiger charge is 2.40. The summed E-state index contributed by atoms with van der Waals surface area (Å²) in [6.45, 7) is 5.14. The molecule has 5 nitrogen and oxygen atoms in total. The van der Waals surface area contributed by atoms with Gasteiger partial charge < -0.3 is 4.90 Å². The maximum atomic E-state index is 13.2. The summed E-state index contributed by atoms with van der Waals surface area (Å²) in [7, 11) is 0. The Bertz CT molecular complexity index is 1050. The van der Waals surface area contributed by atoms with Gasteiger partial charge in [-0.05, 0) is 43.7 Å². The molecule has 0 bridgehead atoms. The van der Waals surface area contributed by atoms with Crippen LogP contribution in [0.4, 0.5) is 5.69 Å². The number of aromatic nitrogens is 1. The summed E-state index contributed by atoms with van der Waals surface area (Å²) >= 11 is 0. The van der Waals surface area contributed by atoms with Crippen LogP contribution in [0, 0.1) is 6.92 Å². The fourth-order valence-corrected chi connectivity index (χ4v) is 3.92. The van der Waals surface area contributed by atoms with Crippen LogP contribution in [0.15, 0.2) is 72.9 Å². The van der Waals surface area contributed by atoms with Crippen molar-refractivity contribution < 1.29 is 9.59 Å². The van der Waals surface area contributed by atoms with Crippen LogP contribution in [0.5, 0.6) is 0 Å². The van der Waals surface area contributed by atoms with Crippen molar-refractivity contribution in [1.29, 1.82) is 0 Å². The fraction of sp³-hybridized carbons (Fsp3) is 0.240. The molecule has 1 aromatic heterocycles. The molecule has 0 unspecified atom stereocenters. The number of amides is 2. The third kappa shape index (κ3) is 3.83. The summed E-state index contributed by atoms with van der Waals surface area (Å²) in [5.74, 6) is -0.0966. The molecule has 4 rings (SSSR count). The van der Waals surface area contributed by atoms with Gasteiger partial charge in [-0.1, -0.05) is 48.0 Å². The molecular formula is C25H25N3O2. The fourth-order valence-electron chi connectivity index (χ4n) is 3.92. The molecule has 0 saturated carbocycles. The van der Waals surface area contributed by atoms with E-state index in [0.717, 1.165) is 16.8 Å². The minimum Gasteiger partial charge on any atom is -0.339 e. The maximum Gasteiger partial charge on any atom is 0.260 e. The minimum atomic E-state index is -0.409. The van der Waals surface area contributed by atoms with Crippen LogP contribution in [-0.4, -0.2) is 28.2 Å². The summed E-state index contributed by atoms with van der Waals surface area (Å²) in [6.07, 6.45) is 1.88. The predicted molar refractivity (Wildman–Crippen MR) is 117 cm³/mol.